The van der Waals surface area contributed by atoms with Crippen molar-refractivity contribution in [2.24, 2.45) is 0 Å². The second kappa shape index (κ2) is 5.85. The summed E-state index contributed by atoms with van der Waals surface area (Å²) in [7, 11) is 1.21. The fraction of sp³-hybridized carbons (Fsp3) is 0.333. The molecule has 0 radical (unpaired) electrons. The van der Waals surface area contributed by atoms with E-state index in [-0.39, 0.29) is 22.2 Å². The van der Waals surface area contributed by atoms with Gasteiger partial charge in [0.1, 0.15) is 8.30 Å². The summed E-state index contributed by atoms with van der Waals surface area (Å²) in [6, 6.07) is 1.26. The Bertz CT molecular complexity index is 415. The minimum Gasteiger partial charge on any atom is -0.469 e. The number of aromatic nitrogens is 1. The number of ether oxygens (including phenoxy) is 1. The largest absolute Gasteiger partial charge is 0.469 e. The van der Waals surface area contributed by atoms with E-state index in [1.165, 1.54) is 13.2 Å². The first-order valence-electron chi connectivity index (χ1n) is 4.15. The Morgan fingerprint density at radius 1 is 1.69 bits per heavy atom. The van der Waals surface area contributed by atoms with Gasteiger partial charge in [0.25, 0.3) is 6.43 Å². The number of rotatable bonds is 3. The highest BCUT2D eigenvalue weighted by atomic mass is 127. The van der Waals surface area contributed by atoms with Gasteiger partial charge < -0.3 is 4.74 Å². The van der Waals surface area contributed by atoms with Crippen LogP contribution in [0.15, 0.2) is 10.7 Å². The maximum atomic E-state index is 12.7. The average Bonchev–Trinajstić information content (AvgIpc) is 2.20. The van der Waals surface area contributed by atoms with Gasteiger partial charge in [-0.05, 0) is 44.6 Å². The summed E-state index contributed by atoms with van der Waals surface area (Å²) < 4.78 is 30.6. The summed E-state index contributed by atoms with van der Waals surface area (Å²) in [5.74, 6) is -0.578. The van der Waals surface area contributed by atoms with Crippen molar-refractivity contribution in [3.63, 3.8) is 0 Å². The Morgan fingerprint density at radius 3 is 2.81 bits per heavy atom. The number of halogens is 4. The first-order valence-corrected chi connectivity index (χ1v) is 6.02. The third-order valence-electron chi connectivity index (χ3n) is 1.86. The molecule has 0 spiro atoms. The number of carbonyl (C=O) groups excluding carboxylic acids is 1. The molecule has 3 nitrogen and oxygen atoms in total. The van der Waals surface area contributed by atoms with Crippen molar-refractivity contribution < 1.29 is 18.3 Å². The Morgan fingerprint density at radius 2 is 2.31 bits per heavy atom. The second-order valence-electron chi connectivity index (χ2n) is 2.86. The van der Waals surface area contributed by atoms with E-state index < -0.39 is 12.4 Å². The first kappa shape index (κ1) is 13.8. The third-order valence-corrected chi connectivity index (χ3v) is 3.07. The molecule has 1 aromatic rings. The van der Waals surface area contributed by atoms with Crippen LogP contribution in [0.4, 0.5) is 8.78 Å². The van der Waals surface area contributed by atoms with Crippen LogP contribution < -0.4 is 0 Å². The lowest BCUT2D eigenvalue weighted by molar-refractivity contribution is -0.139. The highest BCUT2D eigenvalue weighted by molar-refractivity contribution is 14.1. The number of methoxy groups -OCH3 is 1. The molecule has 0 bridgehead atoms. The second-order valence-corrected chi connectivity index (χ2v) is 4.71. The number of alkyl halides is 2. The Balaban J connectivity index is 3.19. The first-order chi connectivity index (χ1) is 7.45. The van der Waals surface area contributed by atoms with Gasteiger partial charge in [-0.2, -0.15) is 0 Å². The number of pyridine rings is 1. The predicted octanol–water partition coefficient (Wildman–Crippen LogP) is 3.10. The smallest absolute Gasteiger partial charge is 0.310 e. The molecule has 0 N–H and O–H groups in total. The van der Waals surface area contributed by atoms with Gasteiger partial charge in [-0.15, -0.1) is 0 Å². The maximum absolute atomic E-state index is 12.7. The Labute approximate surface area is 113 Å². The van der Waals surface area contributed by atoms with Gasteiger partial charge in [-0.3, -0.25) is 4.79 Å². The molecule has 1 rings (SSSR count). The topological polar surface area (TPSA) is 39.2 Å². The van der Waals surface area contributed by atoms with Crippen LogP contribution in [0.2, 0.25) is 0 Å². The number of esters is 1. The molecule has 0 atom stereocenters. The van der Waals surface area contributed by atoms with Crippen LogP contribution in [-0.4, -0.2) is 18.1 Å². The van der Waals surface area contributed by atoms with E-state index in [1.54, 1.807) is 0 Å². The molecule has 7 heteroatoms. The molecule has 0 aromatic carbocycles. The molecule has 0 fully saturated rings. The predicted molar refractivity (Wildman–Crippen MR) is 65.3 cm³/mol. The molecule has 0 aliphatic rings. The quantitative estimate of drug-likeness (QED) is 0.440. The van der Waals surface area contributed by atoms with E-state index in [1.807, 2.05) is 22.6 Å². The van der Waals surface area contributed by atoms with Crippen molar-refractivity contribution in [1.82, 2.24) is 4.98 Å². The van der Waals surface area contributed by atoms with Crippen LogP contribution in [0.5, 0.6) is 0 Å². The molecule has 0 unspecified atom stereocenters. The molecule has 0 aliphatic heterocycles. The summed E-state index contributed by atoms with van der Waals surface area (Å²) in [6.45, 7) is 0. The van der Waals surface area contributed by atoms with Crippen molar-refractivity contribution in [1.29, 1.82) is 0 Å². The standard InChI is InChI=1S/C9H7BrF2INO2/c1-16-7(15)3-4-5(9(11)12)2-6(13)14-8(4)10/h2,9H,3H2,1H3. The van der Waals surface area contributed by atoms with Crippen molar-refractivity contribution >= 4 is 44.5 Å². The van der Waals surface area contributed by atoms with Crippen LogP contribution >= 0.6 is 38.5 Å². The summed E-state index contributed by atoms with van der Waals surface area (Å²) in [6.07, 6.45) is -2.87. The zero-order valence-electron chi connectivity index (χ0n) is 8.14. The number of hydrogen-bond acceptors (Lipinski definition) is 3. The van der Waals surface area contributed by atoms with Gasteiger partial charge >= 0.3 is 5.97 Å². The number of carbonyl (C=O) groups is 1. The van der Waals surface area contributed by atoms with Gasteiger partial charge in [0, 0.05) is 11.1 Å². The SMILES string of the molecule is COC(=O)Cc1c(C(F)F)cc(I)nc1Br. The van der Waals surface area contributed by atoms with Crippen LogP contribution in [0.1, 0.15) is 17.6 Å². The Hall–Kier alpha value is -0.310. The van der Waals surface area contributed by atoms with E-state index in [9.17, 15) is 13.6 Å². The van der Waals surface area contributed by atoms with Crippen molar-refractivity contribution in [3.8, 4) is 0 Å². The van der Waals surface area contributed by atoms with Gasteiger partial charge in [0.2, 0.25) is 0 Å². The molecule has 88 valence electrons. The van der Waals surface area contributed by atoms with Crippen LogP contribution in [-0.2, 0) is 16.0 Å². The molecule has 0 saturated heterocycles. The summed E-state index contributed by atoms with van der Waals surface area (Å²) in [5, 5.41) is 0. The molecule has 0 aliphatic carbocycles. The molecule has 0 amide bonds. The highest BCUT2D eigenvalue weighted by Crippen LogP contribution is 2.29. The van der Waals surface area contributed by atoms with E-state index >= 15 is 0 Å². The molecular formula is C9H7BrF2INO2. The fourth-order valence-electron chi connectivity index (χ4n) is 1.11. The zero-order valence-corrected chi connectivity index (χ0v) is 11.9. The van der Waals surface area contributed by atoms with Gasteiger partial charge in [-0.25, -0.2) is 13.8 Å². The minimum absolute atomic E-state index is 0.169. The van der Waals surface area contributed by atoms with E-state index in [0.717, 1.165) is 0 Å². The third kappa shape index (κ3) is 3.34. The van der Waals surface area contributed by atoms with Crippen molar-refractivity contribution in [2.45, 2.75) is 12.8 Å². The average molecular weight is 406 g/mol. The molecule has 1 heterocycles. The monoisotopic (exact) mass is 405 g/mol. The van der Waals surface area contributed by atoms with E-state index in [0.29, 0.717) is 3.70 Å². The van der Waals surface area contributed by atoms with Crippen molar-refractivity contribution in [3.05, 3.63) is 25.5 Å². The van der Waals surface area contributed by atoms with Crippen molar-refractivity contribution in [2.75, 3.05) is 7.11 Å². The molecule has 16 heavy (non-hydrogen) atoms. The number of nitrogens with zero attached hydrogens (tertiary/aromatic N) is 1. The minimum atomic E-state index is -2.65. The summed E-state index contributed by atoms with van der Waals surface area (Å²) in [4.78, 5) is 15.0. The maximum Gasteiger partial charge on any atom is 0.310 e. The molecule has 0 saturated carbocycles. The lowest BCUT2D eigenvalue weighted by atomic mass is 10.1. The lowest BCUT2D eigenvalue weighted by Gasteiger charge is -2.10. The van der Waals surface area contributed by atoms with Gasteiger partial charge in [-0.1, -0.05) is 0 Å². The summed E-state index contributed by atoms with van der Waals surface area (Å²) in [5.41, 5.74) is -0.0288. The molecule has 1 aromatic heterocycles. The number of hydrogen-bond donors (Lipinski definition) is 0. The van der Waals surface area contributed by atoms with Crippen LogP contribution in [0.25, 0.3) is 0 Å². The van der Waals surface area contributed by atoms with E-state index in [2.05, 4.69) is 25.7 Å². The fourth-order valence-corrected chi connectivity index (χ4v) is 2.58. The molecular weight excluding hydrogens is 399 g/mol. The normalized spacial score (nSPS) is 10.6. The van der Waals surface area contributed by atoms with Crippen LogP contribution in [0.3, 0.4) is 0 Å². The van der Waals surface area contributed by atoms with E-state index in [4.69, 9.17) is 0 Å². The zero-order chi connectivity index (χ0) is 12.3. The summed E-state index contributed by atoms with van der Waals surface area (Å²) >= 11 is 4.90. The van der Waals surface area contributed by atoms with Crippen LogP contribution in [0, 0.1) is 3.70 Å². The van der Waals surface area contributed by atoms with Gasteiger partial charge in [0.05, 0.1) is 13.5 Å². The highest BCUT2D eigenvalue weighted by Gasteiger charge is 2.20. The lowest BCUT2D eigenvalue weighted by Crippen LogP contribution is -2.09. The van der Waals surface area contributed by atoms with Gasteiger partial charge in [0.15, 0.2) is 0 Å². The Kier molecular flexibility index (Phi) is 5.03.